The van der Waals surface area contributed by atoms with Crippen LogP contribution in [0, 0.1) is 11.6 Å². The molecule has 3 rings (SSSR count). The Labute approximate surface area is 167 Å². The number of anilines is 2. The Morgan fingerprint density at radius 1 is 1.11 bits per heavy atom. The van der Waals surface area contributed by atoms with Crippen LogP contribution in [0.5, 0.6) is 5.75 Å². The molecule has 0 bridgehead atoms. The topological polar surface area (TPSA) is 44.8 Å². The molecule has 2 aromatic carbocycles. The third-order valence-electron chi connectivity index (χ3n) is 4.75. The van der Waals surface area contributed by atoms with Crippen LogP contribution in [-0.4, -0.2) is 51.1 Å². The van der Waals surface area contributed by atoms with Gasteiger partial charge in [-0.25, -0.2) is 8.78 Å². The molecule has 1 heterocycles. The van der Waals surface area contributed by atoms with Crippen LogP contribution in [0.3, 0.4) is 0 Å². The molecule has 28 heavy (non-hydrogen) atoms. The molecule has 0 aliphatic carbocycles. The van der Waals surface area contributed by atoms with Gasteiger partial charge < -0.3 is 19.9 Å². The minimum absolute atomic E-state index is 0.178. The van der Waals surface area contributed by atoms with Gasteiger partial charge in [0.1, 0.15) is 17.4 Å². The maximum absolute atomic E-state index is 14.7. The molecule has 0 atom stereocenters. The molecular weight excluding hydrogens is 388 g/mol. The zero-order chi connectivity index (χ0) is 20.3. The van der Waals surface area contributed by atoms with Crippen LogP contribution in [0.4, 0.5) is 20.2 Å². The van der Waals surface area contributed by atoms with Crippen LogP contribution in [0.25, 0.3) is 0 Å². The van der Waals surface area contributed by atoms with E-state index in [1.807, 2.05) is 11.9 Å². The van der Waals surface area contributed by atoms with Gasteiger partial charge in [0.25, 0.3) is 5.91 Å². The minimum Gasteiger partial charge on any atom is -0.495 e. The van der Waals surface area contributed by atoms with E-state index in [0.717, 1.165) is 31.6 Å². The molecule has 0 radical (unpaired) electrons. The molecule has 0 spiro atoms. The fraction of sp³-hybridized carbons (Fsp3) is 0.350. The lowest BCUT2D eigenvalue weighted by Crippen LogP contribution is -2.29. The quantitative estimate of drug-likeness (QED) is 0.828. The number of benzene rings is 2. The van der Waals surface area contributed by atoms with Crippen molar-refractivity contribution in [3.05, 3.63) is 52.6 Å². The maximum Gasteiger partial charge on any atom is 0.258 e. The number of halogens is 3. The van der Waals surface area contributed by atoms with Gasteiger partial charge in [-0.1, -0.05) is 11.6 Å². The third kappa shape index (κ3) is 4.54. The van der Waals surface area contributed by atoms with Crippen LogP contribution in [0.2, 0.25) is 5.02 Å². The smallest absolute Gasteiger partial charge is 0.258 e. The van der Waals surface area contributed by atoms with Crippen molar-refractivity contribution in [2.75, 3.05) is 50.6 Å². The number of carbonyl (C=O) groups is 1. The SMILES string of the molecule is COc1ccc(NC(=O)c2cc(F)c(N3CCCN(C)CC3)cc2F)cc1Cl. The van der Waals surface area contributed by atoms with E-state index in [9.17, 15) is 13.6 Å². The Bertz CT molecular complexity index is 879. The molecule has 1 amide bonds. The van der Waals surface area contributed by atoms with Gasteiger partial charge in [-0.05, 0) is 44.3 Å². The lowest BCUT2D eigenvalue weighted by Gasteiger charge is -2.23. The predicted molar refractivity (Wildman–Crippen MR) is 107 cm³/mol. The monoisotopic (exact) mass is 409 g/mol. The van der Waals surface area contributed by atoms with Crippen molar-refractivity contribution >= 4 is 28.9 Å². The molecule has 1 aliphatic rings. The van der Waals surface area contributed by atoms with Crippen molar-refractivity contribution in [2.45, 2.75) is 6.42 Å². The summed E-state index contributed by atoms with van der Waals surface area (Å²) in [6.07, 6.45) is 0.859. The molecule has 2 aromatic rings. The van der Waals surface area contributed by atoms with Gasteiger partial charge in [0, 0.05) is 31.4 Å². The molecule has 1 saturated heterocycles. The summed E-state index contributed by atoms with van der Waals surface area (Å²) < 4.78 is 34.3. The van der Waals surface area contributed by atoms with Gasteiger partial charge in [-0.3, -0.25) is 4.79 Å². The van der Waals surface area contributed by atoms with Crippen molar-refractivity contribution < 1.29 is 18.3 Å². The standard InChI is InChI=1S/C20H22ClF2N3O2/c1-25-6-3-7-26(9-8-25)18-12-16(22)14(11-17(18)23)20(27)24-13-4-5-19(28-2)15(21)10-13/h4-5,10-12H,3,6-9H2,1-2H3,(H,24,27). The van der Waals surface area contributed by atoms with Crippen LogP contribution in [0.1, 0.15) is 16.8 Å². The van der Waals surface area contributed by atoms with E-state index >= 15 is 0 Å². The predicted octanol–water partition coefficient (Wildman–Crippen LogP) is 4.02. The van der Waals surface area contributed by atoms with Crippen molar-refractivity contribution in [3.63, 3.8) is 0 Å². The Hall–Kier alpha value is -2.38. The number of nitrogens with zero attached hydrogens (tertiary/aromatic N) is 2. The lowest BCUT2D eigenvalue weighted by molar-refractivity contribution is 0.102. The Balaban J connectivity index is 1.80. The molecular formula is C20H22ClF2N3O2. The summed E-state index contributed by atoms with van der Waals surface area (Å²) in [4.78, 5) is 16.4. The molecule has 1 N–H and O–H groups in total. The highest BCUT2D eigenvalue weighted by Gasteiger charge is 2.21. The van der Waals surface area contributed by atoms with Gasteiger partial charge in [-0.2, -0.15) is 0 Å². The molecule has 0 aromatic heterocycles. The summed E-state index contributed by atoms with van der Waals surface area (Å²) in [5.41, 5.74) is 0.173. The van der Waals surface area contributed by atoms with E-state index in [0.29, 0.717) is 29.5 Å². The lowest BCUT2D eigenvalue weighted by atomic mass is 10.1. The van der Waals surface area contributed by atoms with Gasteiger partial charge in [-0.15, -0.1) is 0 Å². The second-order valence-corrected chi connectivity index (χ2v) is 7.14. The van der Waals surface area contributed by atoms with Crippen molar-refractivity contribution in [1.82, 2.24) is 4.90 Å². The number of methoxy groups -OCH3 is 1. The number of amides is 1. The first kappa shape index (κ1) is 20.4. The minimum atomic E-state index is -0.772. The summed E-state index contributed by atoms with van der Waals surface area (Å²) in [7, 11) is 3.47. The Morgan fingerprint density at radius 3 is 2.61 bits per heavy atom. The first-order valence-electron chi connectivity index (χ1n) is 8.96. The fourth-order valence-electron chi connectivity index (χ4n) is 3.18. The molecule has 150 valence electrons. The maximum atomic E-state index is 14.7. The highest BCUT2D eigenvalue weighted by molar-refractivity contribution is 6.32. The summed E-state index contributed by atoms with van der Waals surface area (Å²) in [6, 6.07) is 6.66. The third-order valence-corrected chi connectivity index (χ3v) is 5.05. The number of hydrogen-bond donors (Lipinski definition) is 1. The zero-order valence-corrected chi connectivity index (χ0v) is 16.5. The molecule has 0 saturated carbocycles. The summed E-state index contributed by atoms with van der Waals surface area (Å²) in [5.74, 6) is -1.70. The van der Waals surface area contributed by atoms with Gasteiger partial charge >= 0.3 is 0 Å². The largest absolute Gasteiger partial charge is 0.495 e. The summed E-state index contributed by atoms with van der Waals surface area (Å²) in [6.45, 7) is 2.91. The number of ether oxygens (including phenoxy) is 1. The van der Waals surface area contributed by atoms with Crippen LogP contribution < -0.4 is 15.0 Å². The first-order valence-corrected chi connectivity index (χ1v) is 9.34. The molecule has 1 fully saturated rings. The van der Waals surface area contributed by atoms with E-state index in [2.05, 4.69) is 10.2 Å². The van der Waals surface area contributed by atoms with E-state index in [4.69, 9.17) is 16.3 Å². The van der Waals surface area contributed by atoms with Crippen molar-refractivity contribution in [1.29, 1.82) is 0 Å². The molecule has 1 aliphatic heterocycles. The normalized spacial score (nSPS) is 15.2. The Morgan fingerprint density at radius 2 is 1.89 bits per heavy atom. The summed E-state index contributed by atoms with van der Waals surface area (Å²) >= 11 is 6.03. The fourth-order valence-corrected chi connectivity index (χ4v) is 3.44. The molecule has 5 nitrogen and oxygen atoms in total. The highest BCUT2D eigenvalue weighted by atomic mass is 35.5. The second-order valence-electron chi connectivity index (χ2n) is 6.73. The second kappa shape index (κ2) is 8.75. The molecule has 0 unspecified atom stereocenters. The average Bonchev–Trinajstić information content (AvgIpc) is 2.88. The van der Waals surface area contributed by atoms with Gasteiger partial charge in [0.15, 0.2) is 0 Å². The molecule has 8 heteroatoms. The number of hydrogen-bond acceptors (Lipinski definition) is 4. The number of likely N-dealkylation sites (N-methyl/N-ethyl adjacent to an activating group) is 1. The average molecular weight is 410 g/mol. The van der Waals surface area contributed by atoms with Crippen LogP contribution >= 0.6 is 11.6 Å². The van der Waals surface area contributed by atoms with E-state index < -0.39 is 17.5 Å². The van der Waals surface area contributed by atoms with E-state index in [1.54, 1.807) is 12.1 Å². The van der Waals surface area contributed by atoms with E-state index in [-0.39, 0.29) is 11.3 Å². The first-order chi connectivity index (χ1) is 13.4. The van der Waals surface area contributed by atoms with Gasteiger partial charge in [0.2, 0.25) is 0 Å². The van der Waals surface area contributed by atoms with Crippen LogP contribution in [-0.2, 0) is 0 Å². The zero-order valence-electron chi connectivity index (χ0n) is 15.8. The summed E-state index contributed by atoms with van der Waals surface area (Å²) in [5, 5.41) is 2.83. The highest BCUT2D eigenvalue weighted by Crippen LogP contribution is 2.28. The number of nitrogens with one attached hydrogen (secondary N) is 1. The Kier molecular flexibility index (Phi) is 6.36. The van der Waals surface area contributed by atoms with Crippen molar-refractivity contribution in [2.24, 2.45) is 0 Å². The number of rotatable bonds is 4. The number of carbonyl (C=O) groups excluding carboxylic acids is 1. The van der Waals surface area contributed by atoms with Gasteiger partial charge in [0.05, 0.1) is 23.4 Å². The van der Waals surface area contributed by atoms with Crippen LogP contribution in [0.15, 0.2) is 30.3 Å². The van der Waals surface area contributed by atoms with E-state index in [1.165, 1.54) is 13.2 Å². The van der Waals surface area contributed by atoms with Crippen molar-refractivity contribution in [3.8, 4) is 5.75 Å².